The number of methoxy groups -OCH3 is 1. The average molecular weight is 226 g/mol. The van der Waals surface area contributed by atoms with Crippen LogP contribution in [0.15, 0.2) is 0 Å². The van der Waals surface area contributed by atoms with Gasteiger partial charge in [0.15, 0.2) is 0 Å². The van der Waals surface area contributed by atoms with Gasteiger partial charge in [0.05, 0.1) is 13.0 Å². The molecule has 0 spiro atoms. The lowest BCUT2D eigenvalue weighted by molar-refractivity contribution is -0.150. The van der Waals surface area contributed by atoms with E-state index in [0.29, 0.717) is 17.8 Å². The van der Waals surface area contributed by atoms with Gasteiger partial charge in [-0.15, -0.1) is 0 Å². The third kappa shape index (κ3) is 3.23. The molecule has 0 bridgehead atoms. The summed E-state index contributed by atoms with van der Waals surface area (Å²) in [5, 5.41) is 0. The van der Waals surface area contributed by atoms with Crippen molar-refractivity contribution >= 4 is 5.97 Å². The molecule has 0 aromatic heterocycles. The van der Waals surface area contributed by atoms with Crippen LogP contribution in [0.25, 0.3) is 0 Å². The van der Waals surface area contributed by atoms with Crippen molar-refractivity contribution in [1.82, 2.24) is 0 Å². The third-order valence-corrected chi connectivity index (χ3v) is 4.02. The van der Waals surface area contributed by atoms with Crippen molar-refractivity contribution in [3.05, 3.63) is 0 Å². The fraction of sp³-hybridized carbons (Fsp3) is 0.929. The summed E-state index contributed by atoms with van der Waals surface area (Å²) in [5.41, 5.74) is 0. The maximum Gasteiger partial charge on any atom is 0.308 e. The summed E-state index contributed by atoms with van der Waals surface area (Å²) in [4.78, 5) is 11.7. The minimum atomic E-state index is -0.00666. The second kappa shape index (κ2) is 5.70. The second-order valence-corrected chi connectivity index (χ2v) is 5.95. The van der Waals surface area contributed by atoms with Crippen molar-refractivity contribution in [2.75, 3.05) is 7.11 Å². The maximum atomic E-state index is 11.7. The topological polar surface area (TPSA) is 26.3 Å². The molecule has 2 nitrogen and oxygen atoms in total. The molecule has 4 unspecified atom stereocenters. The highest BCUT2D eigenvalue weighted by Gasteiger charge is 2.37. The van der Waals surface area contributed by atoms with Gasteiger partial charge in [0.1, 0.15) is 0 Å². The molecule has 1 aliphatic carbocycles. The Bertz CT molecular complexity index is 233. The summed E-state index contributed by atoms with van der Waals surface area (Å²) >= 11 is 0. The van der Waals surface area contributed by atoms with Crippen molar-refractivity contribution < 1.29 is 9.53 Å². The molecule has 1 saturated carbocycles. The number of hydrogen-bond donors (Lipinski definition) is 0. The van der Waals surface area contributed by atoms with E-state index in [9.17, 15) is 4.79 Å². The molecule has 0 aromatic rings. The molecule has 0 saturated heterocycles. The Morgan fingerprint density at radius 3 is 2.44 bits per heavy atom. The van der Waals surface area contributed by atoms with E-state index >= 15 is 0 Å². The Balaban J connectivity index is 2.69. The third-order valence-electron chi connectivity index (χ3n) is 4.02. The smallest absolute Gasteiger partial charge is 0.308 e. The van der Waals surface area contributed by atoms with Gasteiger partial charge in [-0.25, -0.2) is 0 Å². The normalized spacial score (nSPS) is 35.1. The average Bonchev–Trinajstić information content (AvgIpc) is 2.21. The minimum absolute atomic E-state index is 0.00666. The first-order valence-electron chi connectivity index (χ1n) is 6.53. The van der Waals surface area contributed by atoms with Crippen LogP contribution < -0.4 is 0 Å². The lowest BCUT2D eigenvalue weighted by atomic mass is 9.67. The van der Waals surface area contributed by atoms with Crippen LogP contribution in [0, 0.1) is 29.6 Å². The number of esters is 1. The fourth-order valence-corrected chi connectivity index (χ4v) is 3.18. The van der Waals surface area contributed by atoms with Crippen molar-refractivity contribution in [2.45, 2.75) is 47.0 Å². The summed E-state index contributed by atoms with van der Waals surface area (Å²) in [6.07, 6.45) is 3.51. The second-order valence-electron chi connectivity index (χ2n) is 5.95. The van der Waals surface area contributed by atoms with Gasteiger partial charge in [-0.2, -0.15) is 0 Å². The predicted octanol–water partition coefficient (Wildman–Crippen LogP) is 3.50. The molecule has 0 heterocycles. The highest BCUT2D eigenvalue weighted by Crippen LogP contribution is 2.41. The van der Waals surface area contributed by atoms with Gasteiger partial charge in [-0.1, -0.05) is 27.7 Å². The summed E-state index contributed by atoms with van der Waals surface area (Å²) in [5.74, 6) is 2.66. The van der Waals surface area contributed by atoms with Gasteiger partial charge in [-0.05, 0) is 42.9 Å². The quantitative estimate of drug-likeness (QED) is 0.688. The highest BCUT2D eigenvalue weighted by molar-refractivity contribution is 5.72. The summed E-state index contributed by atoms with van der Waals surface area (Å²) in [6, 6.07) is 0. The fourth-order valence-electron chi connectivity index (χ4n) is 3.18. The van der Waals surface area contributed by atoms with Gasteiger partial charge < -0.3 is 4.74 Å². The van der Waals surface area contributed by atoms with Crippen LogP contribution >= 0.6 is 0 Å². The van der Waals surface area contributed by atoms with Crippen LogP contribution in [-0.4, -0.2) is 13.1 Å². The van der Waals surface area contributed by atoms with E-state index in [1.807, 2.05) is 0 Å². The summed E-state index contributed by atoms with van der Waals surface area (Å²) in [7, 11) is 1.51. The molecule has 0 amide bonds. The first-order valence-corrected chi connectivity index (χ1v) is 6.53. The van der Waals surface area contributed by atoms with Crippen molar-refractivity contribution in [3.63, 3.8) is 0 Å². The molecule has 94 valence electrons. The highest BCUT2D eigenvalue weighted by atomic mass is 16.5. The van der Waals surface area contributed by atoms with Crippen LogP contribution in [0.5, 0.6) is 0 Å². The van der Waals surface area contributed by atoms with E-state index in [2.05, 4.69) is 27.7 Å². The number of carbonyl (C=O) groups excluding carboxylic acids is 1. The van der Waals surface area contributed by atoms with Crippen molar-refractivity contribution in [2.24, 2.45) is 29.6 Å². The van der Waals surface area contributed by atoms with Crippen LogP contribution in [0.1, 0.15) is 47.0 Å². The van der Waals surface area contributed by atoms with Gasteiger partial charge in [-0.3, -0.25) is 4.79 Å². The van der Waals surface area contributed by atoms with Crippen LogP contribution in [0.3, 0.4) is 0 Å². The predicted molar refractivity (Wildman–Crippen MR) is 66.0 cm³/mol. The van der Waals surface area contributed by atoms with E-state index in [4.69, 9.17) is 4.74 Å². The molecule has 0 radical (unpaired) electrons. The van der Waals surface area contributed by atoms with Crippen LogP contribution in [0.2, 0.25) is 0 Å². The zero-order valence-electron chi connectivity index (χ0n) is 11.3. The first-order chi connectivity index (χ1) is 7.45. The summed E-state index contributed by atoms with van der Waals surface area (Å²) in [6.45, 7) is 9.01. The molecule has 4 atom stereocenters. The first kappa shape index (κ1) is 13.5. The van der Waals surface area contributed by atoms with Gasteiger partial charge in [0, 0.05) is 0 Å². The zero-order chi connectivity index (χ0) is 12.3. The Labute approximate surface area is 99.8 Å². The SMILES string of the molecule is COC(=O)C1CC(C)CC(CC(C)C)C1C. The van der Waals surface area contributed by atoms with Gasteiger partial charge in [0.2, 0.25) is 0 Å². The molecule has 1 fully saturated rings. The molecule has 0 N–H and O–H groups in total. The minimum Gasteiger partial charge on any atom is -0.469 e. The van der Waals surface area contributed by atoms with E-state index < -0.39 is 0 Å². The Morgan fingerprint density at radius 2 is 1.94 bits per heavy atom. The molecular weight excluding hydrogens is 200 g/mol. The molecule has 0 aromatic carbocycles. The Kier molecular flexibility index (Phi) is 4.82. The van der Waals surface area contributed by atoms with E-state index in [0.717, 1.165) is 12.3 Å². The number of hydrogen-bond acceptors (Lipinski definition) is 2. The maximum absolute atomic E-state index is 11.7. The van der Waals surface area contributed by atoms with E-state index in [1.165, 1.54) is 20.0 Å². The Hall–Kier alpha value is -0.530. The monoisotopic (exact) mass is 226 g/mol. The number of rotatable bonds is 3. The van der Waals surface area contributed by atoms with Crippen LogP contribution in [-0.2, 0) is 9.53 Å². The lowest BCUT2D eigenvalue weighted by Gasteiger charge is -2.38. The van der Waals surface area contributed by atoms with E-state index in [1.54, 1.807) is 0 Å². The number of carbonyl (C=O) groups is 1. The lowest BCUT2D eigenvalue weighted by Crippen LogP contribution is -2.36. The molecular formula is C14H26O2. The molecule has 0 aliphatic heterocycles. The Morgan fingerprint density at radius 1 is 1.31 bits per heavy atom. The molecule has 1 aliphatic rings. The van der Waals surface area contributed by atoms with Crippen LogP contribution in [0.4, 0.5) is 0 Å². The van der Waals surface area contributed by atoms with Crippen molar-refractivity contribution in [3.8, 4) is 0 Å². The molecule has 1 rings (SSSR count). The van der Waals surface area contributed by atoms with Crippen molar-refractivity contribution in [1.29, 1.82) is 0 Å². The summed E-state index contributed by atoms with van der Waals surface area (Å²) < 4.78 is 4.92. The zero-order valence-corrected chi connectivity index (χ0v) is 11.3. The number of ether oxygens (including phenoxy) is 1. The van der Waals surface area contributed by atoms with Gasteiger partial charge in [0.25, 0.3) is 0 Å². The molecule has 2 heteroatoms. The largest absolute Gasteiger partial charge is 0.469 e. The van der Waals surface area contributed by atoms with E-state index in [-0.39, 0.29) is 11.9 Å². The standard InChI is InChI=1S/C14H26O2/c1-9(2)6-12-7-10(3)8-13(11(12)4)14(15)16-5/h9-13H,6-8H2,1-5H3. The molecule has 16 heavy (non-hydrogen) atoms. The van der Waals surface area contributed by atoms with Gasteiger partial charge >= 0.3 is 5.97 Å².